The Morgan fingerprint density at radius 2 is 1.95 bits per heavy atom. The average Bonchev–Trinajstić information content (AvgIpc) is 3.25. The molecule has 3 nitrogen and oxygen atoms in total. The van der Waals surface area contributed by atoms with Crippen molar-refractivity contribution in [3.8, 4) is 0 Å². The minimum absolute atomic E-state index is 0.137. The van der Waals surface area contributed by atoms with E-state index in [9.17, 15) is 4.79 Å². The minimum Gasteiger partial charge on any atom is -0.372 e. The fourth-order valence-corrected chi connectivity index (χ4v) is 3.98. The predicted octanol–water partition coefficient (Wildman–Crippen LogP) is 3.55. The molecule has 0 atom stereocenters. The molecule has 3 heterocycles. The highest BCUT2D eigenvalue weighted by molar-refractivity contribution is 7.12. The Hall–Kier alpha value is -1.81. The number of benzene rings is 1. The molecular weight excluding hydrogens is 280 g/mol. The van der Waals surface area contributed by atoms with Crippen molar-refractivity contribution in [3.05, 3.63) is 46.2 Å². The number of hydrogen-bond acceptors (Lipinski definition) is 3. The van der Waals surface area contributed by atoms with Gasteiger partial charge in [-0.1, -0.05) is 6.07 Å². The van der Waals surface area contributed by atoms with Crippen LogP contribution in [0.1, 0.15) is 28.1 Å². The van der Waals surface area contributed by atoms with Crippen LogP contribution in [0.2, 0.25) is 0 Å². The van der Waals surface area contributed by atoms with Crippen LogP contribution in [0, 0.1) is 0 Å². The quantitative estimate of drug-likeness (QED) is 0.846. The lowest BCUT2D eigenvalue weighted by atomic mass is 10.1. The Kier molecular flexibility index (Phi) is 3.19. The maximum Gasteiger partial charge on any atom is 0.268 e. The van der Waals surface area contributed by atoms with Crippen LogP contribution >= 0.6 is 11.3 Å². The van der Waals surface area contributed by atoms with Gasteiger partial charge in [-0.15, -0.1) is 11.3 Å². The van der Waals surface area contributed by atoms with E-state index < -0.39 is 0 Å². The smallest absolute Gasteiger partial charge is 0.268 e. The summed E-state index contributed by atoms with van der Waals surface area (Å²) in [5.74, 6) is 0.137. The summed E-state index contributed by atoms with van der Waals surface area (Å²) < 4.78 is 0. The van der Waals surface area contributed by atoms with Gasteiger partial charge in [0.25, 0.3) is 5.91 Å². The molecule has 21 heavy (non-hydrogen) atoms. The molecule has 4 heteroatoms. The minimum atomic E-state index is 0.137. The molecule has 2 aromatic rings. The van der Waals surface area contributed by atoms with Crippen molar-refractivity contribution in [2.75, 3.05) is 29.4 Å². The standard InChI is InChI=1S/C17H18N2OS/c20-17(16-4-3-11-21-16)19-10-7-13-12-14(5-6-15(13)19)18-8-1-2-9-18/h3-6,11-12H,1-2,7-10H2. The van der Waals surface area contributed by atoms with Gasteiger partial charge in [-0.2, -0.15) is 0 Å². The second-order valence-corrected chi connectivity index (χ2v) is 6.64. The monoisotopic (exact) mass is 298 g/mol. The van der Waals surface area contributed by atoms with Crippen molar-refractivity contribution >= 4 is 28.6 Å². The Morgan fingerprint density at radius 1 is 1.10 bits per heavy atom. The van der Waals surface area contributed by atoms with Gasteiger partial charge in [0.1, 0.15) is 0 Å². The first-order chi connectivity index (χ1) is 10.3. The van der Waals surface area contributed by atoms with Crippen LogP contribution in [0.3, 0.4) is 0 Å². The van der Waals surface area contributed by atoms with Gasteiger partial charge in [-0.05, 0) is 54.5 Å². The Labute approximate surface area is 128 Å². The Bertz CT molecular complexity index is 659. The molecule has 2 aliphatic heterocycles. The second kappa shape index (κ2) is 5.19. The van der Waals surface area contributed by atoms with Gasteiger partial charge in [0, 0.05) is 31.0 Å². The SMILES string of the molecule is O=C(c1cccs1)N1CCc2cc(N3CCCC3)ccc21. The highest BCUT2D eigenvalue weighted by atomic mass is 32.1. The van der Waals surface area contributed by atoms with Gasteiger partial charge in [0.05, 0.1) is 4.88 Å². The highest BCUT2D eigenvalue weighted by Crippen LogP contribution is 2.34. The third-order valence-corrected chi connectivity index (χ3v) is 5.26. The number of amides is 1. The van der Waals surface area contributed by atoms with Gasteiger partial charge in [-0.3, -0.25) is 4.79 Å². The second-order valence-electron chi connectivity index (χ2n) is 5.69. The van der Waals surface area contributed by atoms with E-state index in [-0.39, 0.29) is 5.91 Å². The van der Waals surface area contributed by atoms with Gasteiger partial charge in [0.15, 0.2) is 0 Å². The molecule has 108 valence electrons. The van der Waals surface area contributed by atoms with Crippen molar-refractivity contribution in [1.29, 1.82) is 0 Å². The number of hydrogen-bond donors (Lipinski definition) is 0. The fourth-order valence-electron chi connectivity index (χ4n) is 3.30. The summed E-state index contributed by atoms with van der Waals surface area (Å²) in [7, 11) is 0. The summed E-state index contributed by atoms with van der Waals surface area (Å²) in [6.45, 7) is 3.13. The van der Waals surface area contributed by atoms with Crippen LogP contribution in [0.4, 0.5) is 11.4 Å². The van der Waals surface area contributed by atoms with Crippen molar-refractivity contribution in [2.24, 2.45) is 0 Å². The third kappa shape index (κ3) is 2.23. The van der Waals surface area contributed by atoms with Crippen LogP contribution in [0.15, 0.2) is 35.7 Å². The summed E-state index contributed by atoms with van der Waals surface area (Å²) in [4.78, 5) is 17.7. The molecule has 0 radical (unpaired) electrons. The lowest BCUT2D eigenvalue weighted by Crippen LogP contribution is -2.28. The molecule has 4 rings (SSSR count). The lowest BCUT2D eigenvalue weighted by Gasteiger charge is -2.20. The van der Waals surface area contributed by atoms with Crippen LogP contribution in [0.5, 0.6) is 0 Å². The molecule has 2 aliphatic rings. The van der Waals surface area contributed by atoms with Crippen molar-refractivity contribution in [1.82, 2.24) is 0 Å². The maximum absolute atomic E-state index is 12.5. The van der Waals surface area contributed by atoms with Crippen LogP contribution in [-0.4, -0.2) is 25.5 Å². The summed E-state index contributed by atoms with van der Waals surface area (Å²) in [6, 6.07) is 10.4. The molecule has 1 fully saturated rings. The van der Waals surface area contributed by atoms with Crippen LogP contribution < -0.4 is 9.80 Å². The summed E-state index contributed by atoms with van der Waals surface area (Å²) >= 11 is 1.52. The van der Waals surface area contributed by atoms with E-state index in [1.54, 1.807) is 0 Å². The molecule has 0 bridgehead atoms. The number of fused-ring (bicyclic) bond motifs is 1. The number of nitrogens with zero attached hydrogens (tertiary/aromatic N) is 2. The van der Waals surface area contributed by atoms with E-state index in [4.69, 9.17) is 0 Å². The Morgan fingerprint density at radius 3 is 2.71 bits per heavy atom. The topological polar surface area (TPSA) is 23.6 Å². The zero-order chi connectivity index (χ0) is 14.2. The highest BCUT2D eigenvalue weighted by Gasteiger charge is 2.27. The number of carbonyl (C=O) groups is 1. The van der Waals surface area contributed by atoms with Crippen LogP contribution in [-0.2, 0) is 6.42 Å². The average molecular weight is 298 g/mol. The van der Waals surface area contributed by atoms with E-state index in [0.717, 1.165) is 36.6 Å². The molecule has 0 N–H and O–H groups in total. The van der Waals surface area contributed by atoms with Crippen LogP contribution in [0.25, 0.3) is 0 Å². The summed E-state index contributed by atoms with van der Waals surface area (Å²) in [6.07, 6.45) is 3.55. The normalized spacial score (nSPS) is 17.3. The molecular formula is C17H18N2OS. The Balaban J connectivity index is 1.62. The lowest BCUT2D eigenvalue weighted by molar-refractivity contribution is 0.0993. The molecule has 0 aliphatic carbocycles. The molecule has 0 saturated carbocycles. The first kappa shape index (κ1) is 12.9. The number of thiophene rings is 1. The zero-order valence-electron chi connectivity index (χ0n) is 11.9. The first-order valence-electron chi connectivity index (χ1n) is 7.56. The molecule has 1 aromatic carbocycles. The van der Waals surface area contributed by atoms with E-state index in [2.05, 4.69) is 23.1 Å². The first-order valence-corrected chi connectivity index (χ1v) is 8.44. The maximum atomic E-state index is 12.5. The van der Waals surface area contributed by atoms with Gasteiger partial charge >= 0.3 is 0 Å². The van der Waals surface area contributed by atoms with E-state index in [1.165, 1.54) is 35.4 Å². The van der Waals surface area contributed by atoms with Crippen molar-refractivity contribution in [3.63, 3.8) is 0 Å². The van der Waals surface area contributed by atoms with E-state index in [0.29, 0.717) is 0 Å². The largest absolute Gasteiger partial charge is 0.372 e. The summed E-state index contributed by atoms with van der Waals surface area (Å²) in [5, 5.41) is 1.96. The van der Waals surface area contributed by atoms with E-state index >= 15 is 0 Å². The molecule has 1 aromatic heterocycles. The predicted molar refractivity (Wildman–Crippen MR) is 87.6 cm³/mol. The number of anilines is 2. The van der Waals surface area contributed by atoms with Crippen molar-refractivity contribution < 1.29 is 4.79 Å². The summed E-state index contributed by atoms with van der Waals surface area (Å²) in [5.41, 5.74) is 3.72. The molecule has 1 saturated heterocycles. The number of carbonyl (C=O) groups excluding carboxylic acids is 1. The van der Waals surface area contributed by atoms with Crippen molar-refractivity contribution in [2.45, 2.75) is 19.3 Å². The van der Waals surface area contributed by atoms with Gasteiger partial charge in [0.2, 0.25) is 0 Å². The zero-order valence-corrected chi connectivity index (χ0v) is 12.7. The molecule has 1 amide bonds. The molecule has 0 unspecified atom stereocenters. The molecule has 0 spiro atoms. The third-order valence-electron chi connectivity index (χ3n) is 4.41. The van der Waals surface area contributed by atoms with Gasteiger partial charge in [-0.25, -0.2) is 0 Å². The number of rotatable bonds is 2. The van der Waals surface area contributed by atoms with Gasteiger partial charge < -0.3 is 9.80 Å². The fraction of sp³-hybridized carbons (Fsp3) is 0.353. The van der Waals surface area contributed by atoms with E-state index in [1.807, 2.05) is 22.4 Å².